The number of phenols is 1. The highest BCUT2D eigenvalue weighted by atomic mass is 35.5. The van der Waals surface area contributed by atoms with E-state index in [2.05, 4.69) is 13.8 Å². The summed E-state index contributed by atoms with van der Waals surface area (Å²) in [5, 5.41) is 11.6. The van der Waals surface area contributed by atoms with Crippen molar-refractivity contribution in [1.82, 2.24) is 0 Å². The van der Waals surface area contributed by atoms with Crippen LogP contribution in [0.25, 0.3) is 11.0 Å². The summed E-state index contributed by atoms with van der Waals surface area (Å²) in [7, 11) is 0. The second kappa shape index (κ2) is 8.15. The van der Waals surface area contributed by atoms with Crippen molar-refractivity contribution in [2.75, 3.05) is 13.1 Å². The summed E-state index contributed by atoms with van der Waals surface area (Å²) < 4.78 is 5.72. The van der Waals surface area contributed by atoms with Crippen LogP contribution in [0.1, 0.15) is 36.1 Å². The van der Waals surface area contributed by atoms with Crippen molar-refractivity contribution >= 4 is 22.6 Å². The van der Waals surface area contributed by atoms with Gasteiger partial charge < -0.3 is 14.4 Å². The number of benzene rings is 2. The molecule has 3 rings (SSSR count). The molecule has 0 aliphatic carbocycles. The van der Waals surface area contributed by atoms with E-state index in [1.165, 1.54) is 4.90 Å². The predicted molar refractivity (Wildman–Crippen MR) is 109 cm³/mol. The first-order valence-corrected chi connectivity index (χ1v) is 9.68. The summed E-state index contributed by atoms with van der Waals surface area (Å²) in [6, 6.07) is 11.5. The van der Waals surface area contributed by atoms with Crippen LogP contribution in [-0.2, 0) is 13.0 Å². The Kier molecular flexibility index (Phi) is 5.88. The molecule has 0 bridgehead atoms. The number of hydrogen-bond acceptors (Lipinski definition) is 3. The van der Waals surface area contributed by atoms with Gasteiger partial charge in [-0.1, -0.05) is 41.9 Å². The molecule has 1 heterocycles. The van der Waals surface area contributed by atoms with Crippen molar-refractivity contribution in [3.05, 3.63) is 74.1 Å². The average Bonchev–Trinajstić information content (AvgIpc) is 2.68. The Morgan fingerprint density at radius 2 is 1.78 bits per heavy atom. The van der Waals surface area contributed by atoms with E-state index < -0.39 is 0 Å². The molecule has 4 nitrogen and oxygen atoms in total. The van der Waals surface area contributed by atoms with Crippen LogP contribution >= 0.6 is 11.6 Å². The molecule has 0 atom stereocenters. The van der Waals surface area contributed by atoms with Crippen LogP contribution in [0.3, 0.4) is 0 Å². The van der Waals surface area contributed by atoms with Gasteiger partial charge in [0.15, 0.2) is 5.58 Å². The van der Waals surface area contributed by atoms with E-state index >= 15 is 0 Å². The molecule has 2 aromatic carbocycles. The maximum absolute atomic E-state index is 12.7. The summed E-state index contributed by atoms with van der Waals surface area (Å²) >= 11 is 6.31. The third kappa shape index (κ3) is 3.87. The molecule has 0 amide bonds. The van der Waals surface area contributed by atoms with Crippen LogP contribution < -0.4 is 10.5 Å². The van der Waals surface area contributed by atoms with Gasteiger partial charge in [-0.05, 0) is 38.0 Å². The van der Waals surface area contributed by atoms with Crippen LogP contribution in [0.5, 0.6) is 5.75 Å². The Balaban J connectivity index is 2.19. The van der Waals surface area contributed by atoms with Gasteiger partial charge >= 0.3 is 5.63 Å². The fraction of sp³-hybridized carbons (Fsp3) is 0.318. The minimum absolute atomic E-state index is 0.00178. The Labute approximate surface area is 164 Å². The van der Waals surface area contributed by atoms with Crippen molar-refractivity contribution in [1.29, 1.82) is 0 Å². The second-order valence-electron chi connectivity index (χ2n) is 6.85. The highest BCUT2D eigenvalue weighted by Gasteiger charge is 2.22. The lowest BCUT2D eigenvalue weighted by Gasteiger charge is -2.18. The quantitative estimate of drug-likeness (QED) is 0.638. The largest absolute Gasteiger partial charge is 0.506 e. The number of aromatic hydroxyl groups is 1. The van der Waals surface area contributed by atoms with Gasteiger partial charge in [-0.15, -0.1) is 0 Å². The van der Waals surface area contributed by atoms with Crippen LogP contribution in [0.15, 0.2) is 45.6 Å². The molecule has 0 radical (unpaired) electrons. The third-order valence-electron chi connectivity index (χ3n) is 5.25. The summed E-state index contributed by atoms with van der Waals surface area (Å²) in [4.78, 5) is 14.0. The van der Waals surface area contributed by atoms with Crippen molar-refractivity contribution in [2.24, 2.45) is 0 Å². The van der Waals surface area contributed by atoms with Gasteiger partial charge in [0.05, 0.1) is 23.7 Å². The Bertz CT molecular complexity index is 1010. The number of aryl methyl sites for hydroxylation is 1. The molecule has 5 heteroatoms. The van der Waals surface area contributed by atoms with E-state index in [0.29, 0.717) is 29.7 Å². The Hall–Kier alpha value is -2.30. The number of phenolic OH excluding ortho intramolecular Hbond substituents is 1. The molecule has 0 saturated carbocycles. The average molecular weight is 387 g/mol. The predicted octanol–water partition coefficient (Wildman–Crippen LogP) is 3.48. The number of hydrogen-bond donors (Lipinski definition) is 2. The molecular weight excluding hydrogens is 362 g/mol. The first kappa shape index (κ1) is 19.5. The first-order chi connectivity index (χ1) is 13.0. The van der Waals surface area contributed by atoms with Gasteiger partial charge in [0.2, 0.25) is 0 Å². The minimum atomic E-state index is -0.360. The van der Waals surface area contributed by atoms with Gasteiger partial charge in [0.1, 0.15) is 12.3 Å². The van der Waals surface area contributed by atoms with Gasteiger partial charge in [-0.25, -0.2) is 4.79 Å². The smallest absolute Gasteiger partial charge is 0.340 e. The van der Waals surface area contributed by atoms with Crippen molar-refractivity contribution in [3.63, 3.8) is 0 Å². The molecular formula is C22H25ClNO3+. The Morgan fingerprint density at radius 1 is 1.11 bits per heavy atom. The number of rotatable bonds is 6. The van der Waals surface area contributed by atoms with Gasteiger partial charge in [-0.2, -0.15) is 0 Å². The number of nitrogens with one attached hydrogen (secondary N) is 1. The molecule has 3 aromatic rings. The van der Waals surface area contributed by atoms with E-state index in [0.717, 1.165) is 29.6 Å². The molecule has 0 saturated heterocycles. The summed E-state index contributed by atoms with van der Waals surface area (Å²) in [5.74, 6) is 0.00178. The molecule has 2 N–H and O–H groups in total. The van der Waals surface area contributed by atoms with Crippen LogP contribution in [-0.4, -0.2) is 18.2 Å². The number of halogens is 1. The maximum Gasteiger partial charge on any atom is 0.340 e. The number of fused-ring (bicyclic) bond motifs is 1. The lowest BCUT2D eigenvalue weighted by Crippen LogP contribution is -3.10. The molecule has 142 valence electrons. The zero-order valence-electron chi connectivity index (χ0n) is 15.9. The third-order valence-corrected chi connectivity index (χ3v) is 5.54. The fourth-order valence-corrected chi connectivity index (χ4v) is 3.68. The van der Waals surface area contributed by atoms with Gasteiger partial charge in [-0.3, -0.25) is 0 Å². The van der Waals surface area contributed by atoms with Crippen LogP contribution in [0, 0.1) is 6.92 Å². The first-order valence-electron chi connectivity index (χ1n) is 9.30. The molecule has 0 fully saturated rings. The second-order valence-corrected chi connectivity index (χ2v) is 7.26. The lowest BCUT2D eigenvalue weighted by molar-refractivity contribution is -0.910. The molecule has 0 unspecified atom stereocenters. The fourth-order valence-electron chi connectivity index (χ4n) is 3.46. The van der Waals surface area contributed by atoms with Crippen molar-refractivity contribution in [2.45, 2.75) is 33.7 Å². The summed E-state index contributed by atoms with van der Waals surface area (Å²) in [6.07, 6.45) is 0.500. The zero-order chi connectivity index (χ0) is 19.6. The molecule has 0 spiro atoms. The van der Waals surface area contributed by atoms with Gasteiger partial charge in [0.25, 0.3) is 0 Å². The molecule has 0 aliphatic rings. The van der Waals surface area contributed by atoms with E-state index in [4.69, 9.17) is 16.0 Å². The summed E-state index contributed by atoms with van der Waals surface area (Å²) in [6.45, 7) is 8.44. The normalized spacial score (nSPS) is 11.4. The topological polar surface area (TPSA) is 54.9 Å². The zero-order valence-corrected chi connectivity index (χ0v) is 16.7. The van der Waals surface area contributed by atoms with E-state index in [1.54, 1.807) is 6.07 Å². The minimum Gasteiger partial charge on any atom is -0.506 e. The number of quaternary nitrogens is 1. The van der Waals surface area contributed by atoms with Crippen molar-refractivity contribution < 1.29 is 14.4 Å². The Morgan fingerprint density at radius 3 is 2.41 bits per heavy atom. The maximum atomic E-state index is 12.7. The van der Waals surface area contributed by atoms with Gasteiger partial charge in [0, 0.05) is 17.4 Å². The standard InChI is InChI=1S/C22H24ClNO3/c1-4-24(5-2)13-18-20(25)19(23)12-16-14(3)17(22(26)27-21(16)18)11-15-9-7-6-8-10-15/h6-10,12,25H,4-5,11,13H2,1-3H3/p+1. The lowest BCUT2D eigenvalue weighted by atomic mass is 9.98. The van der Waals surface area contributed by atoms with E-state index in [1.807, 2.05) is 37.3 Å². The monoisotopic (exact) mass is 386 g/mol. The molecule has 1 aromatic heterocycles. The SMILES string of the molecule is CC[NH+](CC)Cc1c(O)c(Cl)cc2c(C)c(Cc3ccccc3)c(=O)oc12. The molecule has 27 heavy (non-hydrogen) atoms. The van der Waals surface area contributed by atoms with Crippen molar-refractivity contribution in [3.8, 4) is 5.75 Å². The summed E-state index contributed by atoms with van der Waals surface area (Å²) in [5.41, 5.74) is 3.20. The van der Waals surface area contributed by atoms with Crippen LogP contribution in [0.2, 0.25) is 5.02 Å². The van der Waals surface area contributed by atoms with Crippen LogP contribution in [0.4, 0.5) is 0 Å². The highest BCUT2D eigenvalue weighted by molar-refractivity contribution is 6.33. The highest BCUT2D eigenvalue weighted by Crippen LogP contribution is 2.35. The van der Waals surface area contributed by atoms with E-state index in [9.17, 15) is 9.90 Å². The molecule has 0 aliphatic heterocycles. The van der Waals surface area contributed by atoms with E-state index in [-0.39, 0.29) is 16.4 Å².